The van der Waals surface area contributed by atoms with Crippen LogP contribution in [0.15, 0.2) is 0 Å². The summed E-state index contributed by atoms with van der Waals surface area (Å²) in [7, 11) is 3.03. The third-order valence-electron chi connectivity index (χ3n) is 2.15. The van der Waals surface area contributed by atoms with Gasteiger partial charge in [-0.3, -0.25) is 0 Å². The standard InChI is InChI=1S/C10H17BrN4O2/c1-7(2)15(6-5-11)8-12-9(16-3)14-10(13-8)17-4/h7H,5-6H2,1-4H3. The van der Waals surface area contributed by atoms with Crippen molar-refractivity contribution in [3.05, 3.63) is 0 Å². The molecule has 7 heteroatoms. The summed E-state index contributed by atoms with van der Waals surface area (Å²) >= 11 is 3.41. The Hall–Kier alpha value is -1.11. The predicted octanol–water partition coefficient (Wildman–Crippen LogP) is 1.50. The van der Waals surface area contributed by atoms with Gasteiger partial charge in [0.25, 0.3) is 0 Å². The lowest BCUT2D eigenvalue weighted by molar-refractivity contribution is 0.339. The van der Waals surface area contributed by atoms with Crippen molar-refractivity contribution in [3.8, 4) is 12.0 Å². The smallest absolute Gasteiger partial charge is 0.324 e. The van der Waals surface area contributed by atoms with Gasteiger partial charge in [-0.25, -0.2) is 0 Å². The molecule has 0 saturated carbocycles. The fourth-order valence-electron chi connectivity index (χ4n) is 1.32. The second kappa shape index (κ2) is 6.58. The van der Waals surface area contributed by atoms with Gasteiger partial charge in [0.1, 0.15) is 0 Å². The summed E-state index contributed by atoms with van der Waals surface area (Å²) in [6.45, 7) is 4.95. The van der Waals surface area contributed by atoms with Crippen molar-refractivity contribution in [1.29, 1.82) is 0 Å². The van der Waals surface area contributed by atoms with E-state index in [1.54, 1.807) is 0 Å². The first-order valence-electron chi connectivity index (χ1n) is 5.29. The Bertz CT molecular complexity index is 340. The lowest BCUT2D eigenvalue weighted by atomic mass is 10.3. The van der Waals surface area contributed by atoms with E-state index in [2.05, 4.69) is 44.7 Å². The van der Waals surface area contributed by atoms with Gasteiger partial charge >= 0.3 is 12.0 Å². The maximum Gasteiger partial charge on any atom is 0.324 e. The van der Waals surface area contributed by atoms with Crippen molar-refractivity contribution in [1.82, 2.24) is 15.0 Å². The largest absolute Gasteiger partial charge is 0.467 e. The zero-order valence-corrected chi connectivity index (χ0v) is 12.1. The van der Waals surface area contributed by atoms with Crippen molar-refractivity contribution in [2.45, 2.75) is 19.9 Å². The molecule has 0 saturated heterocycles. The number of rotatable bonds is 6. The van der Waals surface area contributed by atoms with Gasteiger partial charge < -0.3 is 14.4 Å². The summed E-state index contributed by atoms with van der Waals surface area (Å²) in [5, 5.41) is 0.835. The molecular formula is C10H17BrN4O2. The quantitative estimate of drug-likeness (QED) is 0.742. The van der Waals surface area contributed by atoms with Crippen LogP contribution in [0.25, 0.3) is 0 Å². The fourth-order valence-corrected chi connectivity index (χ4v) is 1.70. The van der Waals surface area contributed by atoms with Gasteiger partial charge in [-0.15, -0.1) is 4.98 Å². The van der Waals surface area contributed by atoms with Crippen LogP contribution in [0.1, 0.15) is 13.8 Å². The number of hydrogen-bond acceptors (Lipinski definition) is 6. The molecule has 0 fully saturated rings. The highest BCUT2D eigenvalue weighted by Gasteiger charge is 2.16. The molecule has 0 aromatic carbocycles. The van der Waals surface area contributed by atoms with Gasteiger partial charge in [0.2, 0.25) is 5.95 Å². The molecule has 17 heavy (non-hydrogen) atoms. The Labute approximate surface area is 109 Å². The third-order valence-corrected chi connectivity index (χ3v) is 2.51. The molecule has 0 radical (unpaired) electrons. The average molecular weight is 305 g/mol. The summed E-state index contributed by atoms with van der Waals surface area (Å²) in [6.07, 6.45) is 0. The van der Waals surface area contributed by atoms with Crippen LogP contribution in [-0.4, -0.2) is 47.1 Å². The minimum atomic E-state index is 0.257. The maximum absolute atomic E-state index is 5.02. The van der Waals surface area contributed by atoms with Crippen LogP contribution in [0.3, 0.4) is 0 Å². The zero-order valence-electron chi connectivity index (χ0n) is 10.5. The monoisotopic (exact) mass is 304 g/mol. The molecule has 0 aliphatic carbocycles. The SMILES string of the molecule is COc1nc(OC)nc(N(CCBr)C(C)C)n1. The highest BCUT2D eigenvalue weighted by Crippen LogP contribution is 2.17. The Morgan fingerprint density at radius 2 is 1.65 bits per heavy atom. The van der Waals surface area contributed by atoms with Gasteiger partial charge in [-0.2, -0.15) is 9.97 Å². The number of aromatic nitrogens is 3. The van der Waals surface area contributed by atoms with Crippen LogP contribution in [0, 0.1) is 0 Å². The summed E-state index contributed by atoms with van der Waals surface area (Å²) in [4.78, 5) is 14.5. The molecule has 1 aromatic heterocycles. The molecule has 96 valence electrons. The van der Waals surface area contributed by atoms with E-state index in [1.165, 1.54) is 14.2 Å². The Balaban J connectivity index is 3.08. The van der Waals surface area contributed by atoms with Crippen LogP contribution in [-0.2, 0) is 0 Å². The van der Waals surface area contributed by atoms with Crippen molar-refractivity contribution in [2.75, 3.05) is 31.0 Å². The molecule has 6 nitrogen and oxygen atoms in total. The zero-order chi connectivity index (χ0) is 12.8. The first-order valence-corrected chi connectivity index (χ1v) is 6.41. The van der Waals surface area contributed by atoms with Crippen LogP contribution >= 0.6 is 15.9 Å². The lowest BCUT2D eigenvalue weighted by Crippen LogP contribution is -2.34. The number of alkyl halides is 1. The first kappa shape index (κ1) is 14.0. The number of hydrogen-bond donors (Lipinski definition) is 0. The fraction of sp³-hybridized carbons (Fsp3) is 0.700. The maximum atomic E-state index is 5.02. The number of halogens is 1. The van der Waals surface area contributed by atoms with Gasteiger partial charge in [0.15, 0.2) is 0 Å². The second-order valence-corrected chi connectivity index (χ2v) is 4.38. The van der Waals surface area contributed by atoms with E-state index in [0.717, 1.165) is 11.9 Å². The minimum absolute atomic E-state index is 0.257. The summed E-state index contributed by atoms with van der Waals surface area (Å²) in [5.41, 5.74) is 0. The molecule has 0 aliphatic rings. The third kappa shape index (κ3) is 3.69. The molecule has 0 unspecified atom stereocenters. The summed E-state index contributed by atoms with van der Waals surface area (Å²) < 4.78 is 10.0. The van der Waals surface area contributed by atoms with Crippen LogP contribution in [0.2, 0.25) is 0 Å². The number of methoxy groups -OCH3 is 2. The molecule has 0 aliphatic heterocycles. The molecular weight excluding hydrogens is 288 g/mol. The van der Waals surface area contributed by atoms with Gasteiger partial charge in [-0.05, 0) is 13.8 Å². The molecule has 0 atom stereocenters. The van der Waals surface area contributed by atoms with Crippen molar-refractivity contribution >= 4 is 21.9 Å². The highest BCUT2D eigenvalue weighted by atomic mass is 79.9. The molecule has 1 aromatic rings. The van der Waals surface area contributed by atoms with Crippen LogP contribution in [0.4, 0.5) is 5.95 Å². The van der Waals surface area contributed by atoms with E-state index in [9.17, 15) is 0 Å². The van der Waals surface area contributed by atoms with Crippen molar-refractivity contribution in [3.63, 3.8) is 0 Å². The van der Waals surface area contributed by atoms with E-state index < -0.39 is 0 Å². The average Bonchev–Trinajstić information content (AvgIpc) is 2.34. The summed E-state index contributed by atoms with van der Waals surface area (Å²) in [5.74, 6) is 0.558. The molecule has 0 amide bonds. The van der Waals surface area contributed by atoms with Gasteiger partial charge in [0, 0.05) is 17.9 Å². The molecule has 0 N–H and O–H groups in total. The molecule has 0 bridgehead atoms. The summed E-state index contributed by atoms with van der Waals surface area (Å²) in [6, 6.07) is 0.795. The Morgan fingerprint density at radius 3 is 2.00 bits per heavy atom. The highest BCUT2D eigenvalue weighted by molar-refractivity contribution is 9.09. The lowest BCUT2D eigenvalue weighted by Gasteiger charge is -2.25. The van der Waals surface area contributed by atoms with E-state index in [-0.39, 0.29) is 18.1 Å². The second-order valence-electron chi connectivity index (χ2n) is 3.58. The number of nitrogens with zero attached hydrogens (tertiary/aromatic N) is 4. The van der Waals surface area contributed by atoms with Crippen LogP contribution < -0.4 is 14.4 Å². The van der Waals surface area contributed by atoms with Gasteiger partial charge in [0.05, 0.1) is 14.2 Å². The Kier molecular flexibility index (Phi) is 5.40. The molecule has 1 rings (SSSR count). The first-order chi connectivity index (χ1) is 8.12. The van der Waals surface area contributed by atoms with Crippen molar-refractivity contribution < 1.29 is 9.47 Å². The normalized spacial score (nSPS) is 10.5. The van der Waals surface area contributed by atoms with Crippen molar-refractivity contribution in [2.24, 2.45) is 0 Å². The number of anilines is 1. The van der Waals surface area contributed by atoms with Crippen LogP contribution in [0.5, 0.6) is 12.0 Å². The van der Waals surface area contributed by atoms with E-state index >= 15 is 0 Å². The molecule has 0 spiro atoms. The minimum Gasteiger partial charge on any atom is -0.467 e. The topological polar surface area (TPSA) is 60.4 Å². The van der Waals surface area contributed by atoms with E-state index in [0.29, 0.717) is 5.95 Å². The predicted molar refractivity (Wildman–Crippen MR) is 69.2 cm³/mol. The van der Waals surface area contributed by atoms with E-state index in [4.69, 9.17) is 9.47 Å². The Morgan fingerprint density at radius 1 is 1.12 bits per heavy atom. The van der Waals surface area contributed by atoms with E-state index in [1.807, 2.05) is 4.90 Å². The number of ether oxygens (including phenoxy) is 2. The molecule has 1 heterocycles. The van der Waals surface area contributed by atoms with Gasteiger partial charge in [-0.1, -0.05) is 15.9 Å².